The molecule has 11 heavy (non-hydrogen) atoms. The Bertz CT molecular complexity index is 122. The van der Waals surface area contributed by atoms with Crippen molar-refractivity contribution in [3.05, 3.63) is 0 Å². The van der Waals surface area contributed by atoms with Crippen LogP contribution in [0.25, 0.3) is 0 Å². The molecule has 0 radical (unpaired) electrons. The van der Waals surface area contributed by atoms with Crippen LogP contribution in [0.4, 0.5) is 0 Å². The van der Waals surface area contributed by atoms with E-state index < -0.39 is 0 Å². The molecule has 0 aliphatic rings. The first-order valence-corrected chi connectivity index (χ1v) is 6.18. The summed E-state index contributed by atoms with van der Waals surface area (Å²) in [5.41, 5.74) is 0.310. The molecule has 0 aromatic heterocycles. The lowest BCUT2D eigenvalue weighted by Gasteiger charge is -2.17. The van der Waals surface area contributed by atoms with Gasteiger partial charge in [-0.25, -0.2) is 0 Å². The van der Waals surface area contributed by atoms with Crippen molar-refractivity contribution in [2.75, 3.05) is 12.3 Å². The van der Waals surface area contributed by atoms with Crippen LogP contribution < -0.4 is 0 Å². The molecule has 0 aliphatic carbocycles. The first kappa shape index (κ1) is 10.9. The molecule has 0 aromatic carbocycles. The number of hydrogen-bond donors (Lipinski definition) is 0. The Hall–Kier alpha value is -0.0800. The van der Waals surface area contributed by atoms with Crippen molar-refractivity contribution in [3.63, 3.8) is 0 Å². The van der Waals surface area contributed by atoms with Crippen molar-refractivity contribution in [2.24, 2.45) is 0 Å². The largest absolute Gasteiger partial charge is 0.198 e. The fourth-order valence-electron chi connectivity index (χ4n) is 1.16. The fourth-order valence-corrected chi connectivity index (χ4v) is 3.47. The summed E-state index contributed by atoms with van der Waals surface area (Å²) in [4.78, 5) is 0. The van der Waals surface area contributed by atoms with E-state index in [1.165, 1.54) is 25.2 Å². The maximum absolute atomic E-state index is 8.72. The highest BCUT2D eigenvalue weighted by atomic mass is 31.1. The second kappa shape index (κ2) is 6.62. The highest BCUT2D eigenvalue weighted by Gasteiger charge is 2.13. The van der Waals surface area contributed by atoms with Gasteiger partial charge in [0, 0.05) is 0 Å². The zero-order valence-corrected chi connectivity index (χ0v) is 8.69. The van der Waals surface area contributed by atoms with Gasteiger partial charge in [0.2, 0.25) is 0 Å². The first-order chi connectivity index (χ1) is 5.26. The third-order valence-electron chi connectivity index (χ3n) is 1.76. The van der Waals surface area contributed by atoms with Crippen molar-refractivity contribution in [2.45, 2.75) is 39.3 Å². The molecule has 0 aromatic rings. The van der Waals surface area contributed by atoms with Gasteiger partial charge in [0.15, 0.2) is 0 Å². The number of hydrogen-bond acceptors (Lipinski definition) is 1. The minimum absolute atomic E-state index is 0.0167. The molecule has 1 unspecified atom stereocenters. The van der Waals surface area contributed by atoms with E-state index in [-0.39, 0.29) is 7.92 Å². The van der Waals surface area contributed by atoms with Crippen molar-refractivity contribution in [1.82, 2.24) is 0 Å². The molecule has 2 heteroatoms. The van der Waals surface area contributed by atoms with Gasteiger partial charge >= 0.3 is 0 Å². The van der Waals surface area contributed by atoms with Gasteiger partial charge in [0.1, 0.15) is 0 Å². The highest BCUT2D eigenvalue weighted by molar-refractivity contribution is 7.58. The Morgan fingerprint density at radius 3 is 2.00 bits per heavy atom. The summed E-state index contributed by atoms with van der Waals surface area (Å²) in [5, 5.41) is 8.72. The molecule has 0 bridgehead atoms. The van der Waals surface area contributed by atoms with Crippen LogP contribution in [-0.2, 0) is 0 Å². The predicted octanol–water partition coefficient (Wildman–Crippen LogP) is 3.20. The van der Waals surface area contributed by atoms with Crippen molar-refractivity contribution in [1.29, 1.82) is 5.26 Å². The van der Waals surface area contributed by atoms with Crippen molar-refractivity contribution >= 4 is 7.92 Å². The minimum atomic E-state index is 0.0167. The monoisotopic (exact) mass is 171 g/mol. The molecule has 0 aliphatic heterocycles. The number of nitriles is 1. The maximum atomic E-state index is 8.72. The third-order valence-corrected chi connectivity index (χ3v) is 5.01. The Kier molecular flexibility index (Phi) is 6.57. The van der Waals surface area contributed by atoms with Gasteiger partial charge in [-0.05, 0) is 19.2 Å². The van der Waals surface area contributed by atoms with Crippen LogP contribution in [0.15, 0.2) is 0 Å². The standard InChI is InChI=1S/C9H18NP/c1-4-6-11(7-5-2)9(3)8-10/h9H,4-7H2,1-3H3. The SMILES string of the molecule is CCCP(CCC)C(C)C#N. The first-order valence-electron chi connectivity index (χ1n) is 4.39. The summed E-state index contributed by atoms with van der Waals surface area (Å²) in [6.45, 7) is 6.47. The third kappa shape index (κ3) is 4.38. The lowest BCUT2D eigenvalue weighted by molar-refractivity contribution is 1.03. The van der Waals surface area contributed by atoms with Gasteiger partial charge in [-0.1, -0.05) is 34.6 Å². The summed E-state index contributed by atoms with van der Waals surface area (Å²) in [6, 6.07) is 2.36. The average molecular weight is 171 g/mol. The maximum Gasteiger partial charge on any atom is 0.0699 e. The number of nitrogens with zero attached hydrogens (tertiary/aromatic N) is 1. The summed E-state index contributed by atoms with van der Waals surface area (Å²) >= 11 is 0. The molecular weight excluding hydrogens is 153 g/mol. The summed E-state index contributed by atoms with van der Waals surface area (Å²) in [6.07, 6.45) is 5.02. The Labute approximate surface area is 71.6 Å². The summed E-state index contributed by atoms with van der Waals surface area (Å²) < 4.78 is 0. The summed E-state index contributed by atoms with van der Waals surface area (Å²) in [5.74, 6) is 0. The van der Waals surface area contributed by atoms with Crippen LogP contribution in [0.1, 0.15) is 33.6 Å². The van der Waals surface area contributed by atoms with E-state index >= 15 is 0 Å². The van der Waals surface area contributed by atoms with E-state index in [0.29, 0.717) is 5.66 Å². The molecule has 0 rings (SSSR count). The number of rotatable bonds is 5. The van der Waals surface area contributed by atoms with Gasteiger partial charge in [-0.15, -0.1) is 0 Å². The molecule has 0 heterocycles. The summed E-state index contributed by atoms with van der Waals surface area (Å²) in [7, 11) is 0.0167. The normalized spacial score (nSPS) is 13.0. The topological polar surface area (TPSA) is 23.8 Å². The average Bonchev–Trinajstić information content (AvgIpc) is 2.03. The van der Waals surface area contributed by atoms with E-state index in [1.54, 1.807) is 0 Å². The molecule has 64 valence electrons. The lowest BCUT2D eigenvalue weighted by Crippen LogP contribution is -2.01. The predicted molar refractivity (Wildman–Crippen MR) is 52.3 cm³/mol. The molecule has 0 N–H and O–H groups in total. The van der Waals surface area contributed by atoms with Crippen molar-refractivity contribution < 1.29 is 0 Å². The van der Waals surface area contributed by atoms with Gasteiger partial charge in [-0.3, -0.25) is 0 Å². The Morgan fingerprint density at radius 2 is 1.73 bits per heavy atom. The smallest absolute Gasteiger partial charge is 0.0699 e. The second-order valence-electron chi connectivity index (χ2n) is 2.84. The van der Waals surface area contributed by atoms with Gasteiger partial charge in [0.25, 0.3) is 0 Å². The molecule has 1 nitrogen and oxygen atoms in total. The van der Waals surface area contributed by atoms with E-state index in [2.05, 4.69) is 26.8 Å². The van der Waals surface area contributed by atoms with Gasteiger partial charge in [-0.2, -0.15) is 5.26 Å². The Morgan fingerprint density at radius 1 is 1.27 bits per heavy atom. The highest BCUT2D eigenvalue weighted by Crippen LogP contribution is 2.41. The molecule has 0 saturated heterocycles. The molecule has 0 saturated carbocycles. The van der Waals surface area contributed by atoms with E-state index in [9.17, 15) is 0 Å². The van der Waals surface area contributed by atoms with Crippen LogP contribution in [0.3, 0.4) is 0 Å². The molecule has 0 spiro atoms. The lowest BCUT2D eigenvalue weighted by atomic mass is 10.5. The van der Waals surface area contributed by atoms with Gasteiger partial charge in [0.05, 0.1) is 11.7 Å². The minimum Gasteiger partial charge on any atom is -0.198 e. The molecule has 0 amide bonds. The van der Waals surface area contributed by atoms with E-state index in [4.69, 9.17) is 5.26 Å². The van der Waals surface area contributed by atoms with E-state index in [0.717, 1.165) is 0 Å². The molecular formula is C9H18NP. The van der Waals surface area contributed by atoms with Crippen LogP contribution >= 0.6 is 7.92 Å². The van der Waals surface area contributed by atoms with E-state index in [1.807, 2.05) is 0 Å². The zero-order chi connectivity index (χ0) is 8.69. The quantitative estimate of drug-likeness (QED) is 0.583. The zero-order valence-electron chi connectivity index (χ0n) is 7.80. The second-order valence-corrected chi connectivity index (χ2v) is 5.69. The molecule has 0 fully saturated rings. The van der Waals surface area contributed by atoms with Crippen molar-refractivity contribution in [3.8, 4) is 6.07 Å². The Balaban J connectivity index is 3.78. The van der Waals surface area contributed by atoms with Gasteiger partial charge < -0.3 is 0 Å². The van der Waals surface area contributed by atoms with Crippen LogP contribution in [0.5, 0.6) is 0 Å². The molecule has 1 atom stereocenters. The fraction of sp³-hybridized carbons (Fsp3) is 0.889. The van der Waals surface area contributed by atoms with Crippen LogP contribution in [0.2, 0.25) is 0 Å². The van der Waals surface area contributed by atoms with Crippen LogP contribution in [-0.4, -0.2) is 18.0 Å². The van der Waals surface area contributed by atoms with Crippen LogP contribution in [0, 0.1) is 11.3 Å².